The number of guanidine groups is 1. The number of halogens is 1. The maximum Gasteiger partial charge on any atom is 0.193 e. The average molecular weight is 329 g/mol. The fourth-order valence-electron chi connectivity index (χ4n) is 2.37. The van der Waals surface area contributed by atoms with Crippen molar-refractivity contribution in [3.05, 3.63) is 71.5 Å². The number of ether oxygens (including phenoxy) is 1. The van der Waals surface area contributed by atoms with Gasteiger partial charge in [-0.1, -0.05) is 42.5 Å². The number of hydrogen-bond acceptors (Lipinski definition) is 2. The van der Waals surface area contributed by atoms with Crippen LogP contribution < -0.4 is 5.32 Å². The van der Waals surface area contributed by atoms with Gasteiger partial charge in [0.2, 0.25) is 0 Å². The van der Waals surface area contributed by atoms with E-state index in [1.807, 2.05) is 48.3 Å². The van der Waals surface area contributed by atoms with Gasteiger partial charge >= 0.3 is 0 Å². The Morgan fingerprint density at radius 1 is 1.12 bits per heavy atom. The summed E-state index contributed by atoms with van der Waals surface area (Å²) in [7, 11) is 3.65. The molecule has 0 bridgehead atoms. The molecule has 0 fully saturated rings. The molecule has 5 heteroatoms. The van der Waals surface area contributed by atoms with Gasteiger partial charge in [0, 0.05) is 27.2 Å². The van der Waals surface area contributed by atoms with Gasteiger partial charge in [-0.05, 0) is 23.3 Å². The minimum Gasteiger partial charge on any atom is -0.375 e. The van der Waals surface area contributed by atoms with E-state index in [-0.39, 0.29) is 5.82 Å². The summed E-state index contributed by atoms with van der Waals surface area (Å²) in [5.41, 5.74) is 2.06. The molecule has 1 N–H and O–H groups in total. The van der Waals surface area contributed by atoms with Crippen molar-refractivity contribution in [2.24, 2.45) is 4.99 Å². The molecule has 0 saturated carbocycles. The van der Waals surface area contributed by atoms with Crippen LogP contribution in [0.25, 0.3) is 0 Å². The highest BCUT2D eigenvalue weighted by Crippen LogP contribution is 2.06. The van der Waals surface area contributed by atoms with E-state index in [0.29, 0.717) is 26.3 Å². The normalized spacial score (nSPS) is 11.4. The van der Waals surface area contributed by atoms with Crippen LogP contribution in [0.5, 0.6) is 0 Å². The summed E-state index contributed by atoms with van der Waals surface area (Å²) in [5, 5.41) is 3.25. The second-order valence-corrected chi connectivity index (χ2v) is 5.50. The van der Waals surface area contributed by atoms with Gasteiger partial charge < -0.3 is 15.0 Å². The standard InChI is InChI=1S/C19H24FN3O/c1-21-19(23(2)14-17-9-6-10-18(20)13-17)22-11-12-24-15-16-7-4-3-5-8-16/h3-10,13H,11-12,14-15H2,1-2H3,(H,21,22). The zero-order valence-electron chi connectivity index (χ0n) is 14.2. The summed E-state index contributed by atoms with van der Waals surface area (Å²) >= 11 is 0. The maximum atomic E-state index is 13.2. The first-order valence-corrected chi connectivity index (χ1v) is 7.97. The van der Waals surface area contributed by atoms with E-state index in [9.17, 15) is 4.39 Å². The van der Waals surface area contributed by atoms with E-state index in [1.165, 1.54) is 12.1 Å². The maximum absolute atomic E-state index is 13.2. The number of nitrogens with one attached hydrogen (secondary N) is 1. The van der Waals surface area contributed by atoms with E-state index >= 15 is 0 Å². The number of aliphatic imine (C=N–C) groups is 1. The van der Waals surface area contributed by atoms with Crippen molar-refractivity contribution in [3.63, 3.8) is 0 Å². The van der Waals surface area contributed by atoms with Crippen LogP contribution in [0, 0.1) is 5.82 Å². The molecule has 0 heterocycles. The lowest BCUT2D eigenvalue weighted by Gasteiger charge is -2.22. The van der Waals surface area contributed by atoms with Crippen LogP contribution in [-0.4, -0.2) is 38.1 Å². The van der Waals surface area contributed by atoms with Crippen molar-refractivity contribution in [1.82, 2.24) is 10.2 Å². The molecular weight excluding hydrogens is 305 g/mol. The molecule has 0 spiro atoms. The molecule has 24 heavy (non-hydrogen) atoms. The summed E-state index contributed by atoms with van der Waals surface area (Å²) in [6, 6.07) is 16.7. The molecule has 0 atom stereocenters. The monoisotopic (exact) mass is 329 g/mol. The molecule has 0 aliphatic carbocycles. The third-order valence-electron chi connectivity index (χ3n) is 3.52. The lowest BCUT2D eigenvalue weighted by Crippen LogP contribution is -2.39. The zero-order chi connectivity index (χ0) is 17.2. The van der Waals surface area contributed by atoms with E-state index < -0.39 is 0 Å². The number of rotatable bonds is 7. The largest absolute Gasteiger partial charge is 0.375 e. The van der Waals surface area contributed by atoms with Gasteiger partial charge in [-0.3, -0.25) is 4.99 Å². The van der Waals surface area contributed by atoms with Crippen molar-refractivity contribution in [1.29, 1.82) is 0 Å². The molecule has 0 aliphatic rings. The summed E-state index contributed by atoms with van der Waals surface area (Å²) in [5.74, 6) is 0.528. The SMILES string of the molecule is CN=C(NCCOCc1ccccc1)N(C)Cc1cccc(F)c1. The molecule has 2 aromatic rings. The summed E-state index contributed by atoms with van der Waals surface area (Å²) in [6.07, 6.45) is 0. The topological polar surface area (TPSA) is 36.9 Å². The molecule has 0 aromatic heterocycles. The first-order valence-electron chi connectivity index (χ1n) is 7.97. The Morgan fingerprint density at radius 3 is 2.58 bits per heavy atom. The van der Waals surface area contributed by atoms with Gasteiger partial charge in [-0.15, -0.1) is 0 Å². The summed E-state index contributed by atoms with van der Waals surface area (Å²) in [6.45, 7) is 2.43. The quantitative estimate of drug-likeness (QED) is 0.482. The molecule has 2 aromatic carbocycles. The average Bonchev–Trinajstić information content (AvgIpc) is 2.59. The van der Waals surface area contributed by atoms with Crippen molar-refractivity contribution >= 4 is 5.96 Å². The van der Waals surface area contributed by atoms with Crippen LogP contribution in [0.2, 0.25) is 0 Å². The molecule has 0 radical (unpaired) electrons. The predicted molar refractivity (Wildman–Crippen MR) is 95.3 cm³/mol. The van der Waals surface area contributed by atoms with Gasteiger partial charge in [-0.2, -0.15) is 0 Å². The first-order chi connectivity index (χ1) is 11.7. The van der Waals surface area contributed by atoms with Crippen molar-refractivity contribution in [3.8, 4) is 0 Å². The zero-order valence-corrected chi connectivity index (χ0v) is 14.2. The van der Waals surface area contributed by atoms with Crippen LogP contribution in [0.1, 0.15) is 11.1 Å². The Labute approximate surface area is 143 Å². The van der Waals surface area contributed by atoms with Crippen LogP contribution in [0.15, 0.2) is 59.6 Å². The number of nitrogens with zero attached hydrogens (tertiary/aromatic N) is 2. The second kappa shape index (κ2) is 9.67. The van der Waals surface area contributed by atoms with Gasteiger partial charge in [-0.25, -0.2) is 4.39 Å². The Morgan fingerprint density at radius 2 is 1.88 bits per heavy atom. The molecule has 0 amide bonds. The first kappa shape index (κ1) is 17.9. The van der Waals surface area contributed by atoms with Gasteiger partial charge in [0.05, 0.1) is 13.2 Å². The van der Waals surface area contributed by atoms with Crippen LogP contribution in [0.4, 0.5) is 4.39 Å². The minimum absolute atomic E-state index is 0.224. The van der Waals surface area contributed by atoms with E-state index in [1.54, 1.807) is 13.1 Å². The summed E-state index contributed by atoms with van der Waals surface area (Å²) in [4.78, 5) is 6.19. The molecular formula is C19H24FN3O. The molecule has 128 valence electrons. The lowest BCUT2D eigenvalue weighted by molar-refractivity contribution is 0.125. The van der Waals surface area contributed by atoms with Gasteiger partial charge in [0.1, 0.15) is 5.82 Å². The third-order valence-corrected chi connectivity index (χ3v) is 3.52. The van der Waals surface area contributed by atoms with Crippen molar-refractivity contribution < 1.29 is 9.13 Å². The van der Waals surface area contributed by atoms with Crippen LogP contribution >= 0.6 is 0 Å². The van der Waals surface area contributed by atoms with Crippen LogP contribution in [-0.2, 0) is 17.9 Å². The number of hydrogen-bond donors (Lipinski definition) is 1. The molecule has 0 unspecified atom stereocenters. The predicted octanol–water partition coefficient (Wildman–Crippen LogP) is 3.05. The third kappa shape index (κ3) is 6.01. The molecule has 4 nitrogen and oxygen atoms in total. The molecule has 0 saturated heterocycles. The van der Waals surface area contributed by atoms with Crippen LogP contribution in [0.3, 0.4) is 0 Å². The van der Waals surface area contributed by atoms with E-state index in [2.05, 4.69) is 10.3 Å². The van der Waals surface area contributed by atoms with E-state index in [4.69, 9.17) is 4.74 Å². The fraction of sp³-hybridized carbons (Fsp3) is 0.316. The van der Waals surface area contributed by atoms with Crippen molar-refractivity contribution in [2.75, 3.05) is 27.2 Å². The van der Waals surface area contributed by atoms with Crippen molar-refractivity contribution in [2.45, 2.75) is 13.2 Å². The smallest absolute Gasteiger partial charge is 0.193 e. The Kier molecular flexibility index (Phi) is 7.23. The Balaban J connectivity index is 1.71. The highest BCUT2D eigenvalue weighted by atomic mass is 19.1. The fourth-order valence-corrected chi connectivity index (χ4v) is 2.37. The Bertz CT molecular complexity index is 646. The minimum atomic E-state index is -0.224. The highest BCUT2D eigenvalue weighted by molar-refractivity contribution is 5.79. The van der Waals surface area contributed by atoms with Gasteiger partial charge in [0.25, 0.3) is 0 Å². The number of benzene rings is 2. The Hall–Kier alpha value is -2.40. The summed E-state index contributed by atoms with van der Waals surface area (Å²) < 4.78 is 18.9. The highest BCUT2D eigenvalue weighted by Gasteiger charge is 2.06. The second-order valence-electron chi connectivity index (χ2n) is 5.50. The molecule has 0 aliphatic heterocycles. The molecule has 2 rings (SSSR count). The van der Waals surface area contributed by atoms with Gasteiger partial charge in [0.15, 0.2) is 5.96 Å². The van der Waals surface area contributed by atoms with E-state index in [0.717, 1.165) is 17.1 Å². The lowest BCUT2D eigenvalue weighted by atomic mass is 10.2.